The molecule has 0 bridgehead atoms. The minimum absolute atomic E-state index is 0.00998. The van der Waals surface area contributed by atoms with Crippen LogP contribution in [-0.4, -0.2) is 40.9 Å². The second-order valence-electron chi connectivity index (χ2n) is 7.71. The molecule has 0 aromatic carbocycles. The van der Waals surface area contributed by atoms with Crippen LogP contribution < -0.4 is 4.90 Å². The van der Waals surface area contributed by atoms with Crippen LogP contribution in [0.5, 0.6) is 0 Å². The number of pyridine rings is 1. The number of hydrogen-bond donors (Lipinski definition) is 0. The summed E-state index contributed by atoms with van der Waals surface area (Å²) >= 11 is 0. The number of rotatable bonds is 4. The van der Waals surface area contributed by atoms with E-state index in [4.69, 9.17) is 14.8 Å². The molecule has 0 aliphatic carbocycles. The van der Waals surface area contributed by atoms with Crippen LogP contribution in [0.25, 0.3) is 5.69 Å². The Labute approximate surface area is 175 Å². The smallest absolute Gasteiger partial charge is 0.308 e. The predicted molar refractivity (Wildman–Crippen MR) is 118 cm³/mol. The molecule has 0 atom stereocenters. The maximum absolute atomic E-state index is 11.7. The molecule has 1 saturated heterocycles. The molecule has 0 unspecified atom stereocenters. The fraction of sp³-hybridized carbons (Fsp3) is 0.609. The molecular weight excluding hydrogens is 364 g/mol. The van der Waals surface area contributed by atoms with Crippen molar-refractivity contribution in [2.75, 3.05) is 25.1 Å². The van der Waals surface area contributed by atoms with Crippen molar-refractivity contribution in [1.82, 2.24) is 14.8 Å². The minimum Gasteiger partial charge on any atom is -0.469 e. The first-order chi connectivity index (χ1) is 13.8. The largest absolute Gasteiger partial charge is 0.469 e. The Hall–Kier alpha value is -2.37. The predicted octanol–water partition coefficient (Wildman–Crippen LogP) is 4.73. The Bertz CT molecular complexity index is 834. The molecule has 1 aliphatic heterocycles. The van der Waals surface area contributed by atoms with E-state index in [1.54, 1.807) is 0 Å². The molecule has 29 heavy (non-hydrogen) atoms. The van der Waals surface area contributed by atoms with Crippen molar-refractivity contribution >= 4 is 11.8 Å². The van der Waals surface area contributed by atoms with Crippen LogP contribution in [0.3, 0.4) is 0 Å². The van der Waals surface area contributed by atoms with Gasteiger partial charge in [0.05, 0.1) is 30.1 Å². The number of ether oxygens (including phenoxy) is 1. The van der Waals surface area contributed by atoms with Crippen molar-refractivity contribution < 1.29 is 9.53 Å². The normalized spacial score (nSPS) is 14.6. The lowest BCUT2D eigenvalue weighted by Crippen LogP contribution is -2.37. The average molecular weight is 401 g/mol. The molecule has 6 heteroatoms. The Morgan fingerprint density at radius 2 is 1.72 bits per heavy atom. The van der Waals surface area contributed by atoms with E-state index in [2.05, 4.69) is 44.7 Å². The molecule has 0 radical (unpaired) electrons. The Kier molecular flexibility index (Phi) is 7.82. The van der Waals surface area contributed by atoms with Crippen molar-refractivity contribution in [3.8, 4) is 5.69 Å². The molecule has 2 aromatic heterocycles. The number of methoxy groups -OCH3 is 1. The molecule has 1 fully saturated rings. The zero-order valence-electron chi connectivity index (χ0n) is 19.2. The molecule has 1 aliphatic rings. The van der Waals surface area contributed by atoms with Gasteiger partial charge in [-0.05, 0) is 57.2 Å². The molecule has 2 aromatic rings. The second-order valence-corrected chi connectivity index (χ2v) is 7.71. The summed E-state index contributed by atoms with van der Waals surface area (Å²) in [4.78, 5) is 18.8. The van der Waals surface area contributed by atoms with Gasteiger partial charge in [0, 0.05) is 18.8 Å². The van der Waals surface area contributed by atoms with E-state index in [0.29, 0.717) is 5.92 Å². The summed E-state index contributed by atoms with van der Waals surface area (Å²) in [5.74, 6) is 1.32. The first-order valence-electron chi connectivity index (χ1n) is 10.7. The van der Waals surface area contributed by atoms with Gasteiger partial charge < -0.3 is 9.64 Å². The van der Waals surface area contributed by atoms with Gasteiger partial charge in [-0.2, -0.15) is 5.10 Å². The summed E-state index contributed by atoms with van der Waals surface area (Å²) in [6.07, 6.45) is 1.62. The van der Waals surface area contributed by atoms with Gasteiger partial charge in [-0.25, -0.2) is 9.67 Å². The van der Waals surface area contributed by atoms with Gasteiger partial charge in [0.1, 0.15) is 5.82 Å². The Balaban J connectivity index is 0.00000145. The van der Waals surface area contributed by atoms with Crippen LogP contribution in [0.15, 0.2) is 12.1 Å². The molecular formula is C23H36N4O2. The molecule has 0 N–H and O–H groups in total. The number of hydrogen-bond acceptors (Lipinski definition) is 5. The summed E-state index contributed by atoms with van der Waals surface area (Å²) in [5.41, 5.74) is 5.55. The highest BCUT2D eigenvalue weighted by Crippen LogP contribution is 2.28. The van der Waals surface area contributed by atoms with Gasteiger partial charge >= 0.3 is 5.97 Å². The number of carbonyl (C=O) groups is 1. The van der Waals surface area contributed by atoms with Gasteiger partial charge in [-0.15, -0.1) is 0 Å². The number of piperidine rings is 1. The zero-order chi connectivity index (χ0) is 21.7. The van der Waals surface area contributed by atoms with E-state index in [0.717, 1.165) is 48.8 Å². The van der Waals surface area contributed by atoms with Crippen molar-refractivity contribution in [2.24, 2.45) is 5.92 Å². The summed E-state index contributed by atoms with van der Waals surface area (Å²) < 4.78 is 6.89. The molecule has 6 nitrogen and oxygen atoms in total. The summed E-state index contributed by atoms with van der Waals surface area (Å²) in [6, 6.07) is 4.17. The van der Waals surface area contributed by atoms with Gasteiger partial charge in [0.15, 0.2) is 0 Å². The van der Waals surface area contributed by atoms with Crippen LogP contribution in [-0.2, 0) is 9.53 Å². The summed E-state index contributed by atoms with van der Waals surface area (Å²) in [5, 5.41) is 4.76. The number of nitrogens with zero attached hydrogens (tertiary/aromatic N) is 4. The lowest BCUT2D eigenvalue weighted by atomic mass is 9.97. The van der Waals surface area contributed by atoms with Crippen LogP contribution in [0, 0.1) is 26.7 Å². The highest BCUT2D eigenvalue weighted by molar-refractivity contribution is 5.72. The second kappa shape index (κ2) is 9.90. The highest BCUT2D eigenvalue weighted by Gasteiger charge is 2.26. The zero-order valence-corrected chi connectivity index (χ0v) is 19.2. The quantitative estimate of drug-likeness (QED) is 0.694. The molecule has 0 spiro atoms. The molecule has 0 amide bonds. The number of aromatic nitrogens is 3. The first kappa shape index (κ1) is 22.9. The van der Waals surface area contributed by atoms with Gasteiger partial charge in [-0.3, -0.25) is 4.79 Å². The SMILES string of the molecule is CC.COC(=O)C1CCN(c2ccc(-n3nc(C)c(C(C)C)c3C)c(C)n2)CC1. The van der Waals surface area contributed by atoms with Crippen LogP contribution in [0.4, 0.5) is 5.82 Å². The third-order valence-corrected chi connectivity index (χ3v) is 5.55. The number of aryl methyl sites for hydroxylation is 2. The lowest BCUT2D eigenvalue weighted by molar-refractivity contribution is -0.146. The van der Waals surface area contributed by atoms with E-state index < -0.39 is 0 Å². The minimum atomic E-state index is -0.0976. The van der Waals surface area contributed by atoms with Crippen molar-refractivity contribution in [3.05, 3.63) is 34.8 Å². The molecule has 160 valence electrons. The topological polar surface area (TPSA) is 60.2 Å². The van der Waals surface area contributed by atoms with Crippen LogP contribution in [0.2, 0.25) is 0 Å². The van der Waals surface area contributed by atoms with Gasteiger partial charge in [0.25, 0.3) is 0 Å². The van der Waals surface area contributed by atoms with Gasteiger partial charge in [-0.1, -0.05) is 27.7 Å². The average Bonchev–Trinajstić information content (AvgIpc) is 3.02. The van der Waals surface area contributed by atoms with Crippen molar-refractivity contribution in [3.63, 3.8) is 0 Å². The van der Waals surface area contributed by atoms with E-state index >= 15 is 0 Å². The monoisotopic (exact) mass is 400 g/mol. The summed E-state index contributed by atoms with van der Waals surface area (Å²) in [7, 11) is 1.46. The maximum Gasteiger partial charge on any atom is 0.308 e. The van der Waals surface area contributed by atoms with Crippen molar-refractivity contribution in [1.29, 1.82) is 0 Å². The Morgan fingerprint density at radius 1 is 1.10 bits per heavy atom. The molecule has 3 heterocycles. The third kappa shape index (κ3) is 4.80. The fourth-order valence-corrected chi connectivity index (χ4v) is 4.18. The van der Waals surface area contributed by atoms with Crippen LogP contribution >= 0.6 is 0 Å². The fourth-order valence-electron chi connectivity index (χ4n) is 4.18. The molecule has 3 rings (SSSR count). The van der Waals surface area contributed by atoms with E-state index in [1.807, 2.05) is 25.5 Å². The standard InChI is InChI=1S/C21H30N4O2.C2H6/c1-13(2)20-15(4)23-25(16(20)5)18-7-8-19(22-14(18)3)24-11-9-17(10-12-24)21(26)27-6;1-2/h7-8,13,17H,9-12H2,1-6H3;1-2H3. The highest BCUT2D eigenvalue weighted by atomic mass is 16.5. The van der Waals surface area contributed by atoms with Gasteiger partial charge in [0.2, 0.25) is 0 Å². The third-order valence-electron chi connectivity index (χ3n) is 5.55. The molecule has 0 saturated carbocycles. The number of anilines is 1. The number of esters is 1. The van der Waals surface area contributed by atoms with E-state index in [9.17, 15) is 4.79 Å². The first-order valence-corrected chi connectivity index (χ1v) is 10.7. The number of carbonyl (C=O) groups excluding carboxylic acids is 1. The van der Waals surface area contributed by atoms with E-state index in [-0.39, 0.29) is 11.9 Å². The van der Waals surface area contributed by atoms with Crippen molar-refractivity contribution in [2.45, 2.75) is 67.2 Å². The maximum atomic E-state index is 11.7. The van der Waals surface area contributed by atoms with E-state index in [1.165, 1.54) is 18.4 Å². The van der Waals surface area contributed by atoms with Crippen LogP contribution in [0.1, 0.15) is 69.1 Å². The lowest BCUT2D eigenvalue weighted by Gasteiger charge is -2.31. The Morgan fingerprint density at radius 3 is 2.21 bits per heavy atom. The summed E-state index contributed by atoms with van der Waals surface area (Å²) in [6.45, 7) is 16.3.